The van der Waals surface area contributed by atoms with Gasteiger partial charge in [-0.3, -0.25) is 19.3 Å². The second-order valence-corrected chi connectivity index (χ2v) is 9.57. The summed E-state index contributed by atoms with van der Waals surface area (Å²) >= 11 is 5.48. The van der Waals surface area contributed by atoms with E-state index in [4.69, 9.17) is 28.0 Å². The summed E-state index contributed by atoms with van der Waals surface area (Å²) in [7, 11) is 0. The molecule has 1 aromatic carbocycles. The van der Waals surface area contributed by atoms with Gasteiger partial charge in [0.25, 0.3) is 0 Å². The Morgan fingerprint density at radius 1 is 1.29 bits per heavy atom. The van der Waals surface area contributed by atoms with Gasteiger partial charge in [-0.05, 0) is 64.9 Å². The lowest BCUT2D eigenvalue weighted by Gasteiger charge is -2.31. The topological polar surface area (TPSA) is 124 Å². The average Bonchev–Trinajstić information content (AvgIpc) is 3.64. The second kappa shape index (κ2) is 8.97. The van der Waals surface area contributed by atoms with Crippen LogP contribution in [0.15, 0.2) is 24.4 Å². The molecule has 3 N–H and O–H groups in total. The van der Waals surface area contributed by atoms with Crippen LogP contribution < -0.4 is 5.73 Å². The van der Waals surface area contributed by atoms with Crippen LogP contribution in [0.1, 0.15) is 42.7 Å². The lowest BCUT2D eigenvalue weighted by Crippen LogP contribution is -2.43. The van der Waals surface area contributed by atoms with Crippen molar-refractivity contribution < 1.29 is 4.79 Å². The molecule has 0 saturated carbocycles. The molecular weight excluding hydrogens is 462 g/mol. The number of aromatic nitrogens is 7. The first-order valence-corrected chi connectivity index (χ1v) is 12.3. The van der Waals surface area contributed by atoms with Gasteiger partial charge in [-0.15, -0.1) is 0 Å². The standard InChI is InChI=1S/C24H29N9OS/c1-4-32-20(9-15(2)30-32)23-27-22(28-29-23)17-10-16(21(25)34)11-19-18(17)12-26-33(19)24(3,14-35)13-31-7-5-6-8-31/h9-12,14H,4-8,13H2,1-3H3,(H2,25,34)(H,27,28,29)/t24-/m1/s1. The number of aromatic amines is 1. The summed E-state index contributed by atoms with van der Waals surface area (Å²) in [6.07, 6.45) is 4.16. The zero-order chi connectivity index (χ0) is 24.7. The minimum Gasteiger partial charge on any atom is -0.366 e. The van der Waals surface area contributed by atoms with Crippen LogP contribution in [-0.4, -0.2) is 70.6 Å². The number of nitrogens with one attached hydrogen (secondary N) is 1. The van der Waals surface area contributed by atoms with Crippen molar-refractivity contribution in [1.82, 2.24) is 39.6 Å². The fraction of sp³-hybridized carbons (Fsp3) is 0.417. The van der Waals surface area contributed by atoms with Crippen molar-refractivity contribution in [3.8, 4) is 22.9 Å². The van der Waals surface area contributed by atoms with Gasteiger partial charge < -0.3 is 10.6 Å². The number of carbonyl (C=O) groups excluding carboxylic acids is 1. The summed E-state index contributed by atoms with van der Waals surface area (Å²) in [6.45, 7) is 9.58. The molecule has 1 aliphatic rings. The van der Waals surface area contributed by atoms with Crippen molar-refractivity contribution in [2.45, 2.75) is 45.7 Å². The number of carbonyl (C=O) groups is 1. The first-order valence-electron chi connectivity index (χ1n) is 11.8. The Kier molecular flexibility index (Phi) is 5.97. The molecule has 11 heteroatoms. The van der Waals surface area contributed by atoms with E-state index in [9.17, 15) is 4.79 Å². The summed E-state index contributed by atoms with van der Waals surface area (Å²) < 4.78 is 3.77. The van der Waals surface area contributed by atoms with Gasteiger partial charge in [-0.1, -0.05) is 12.2 Å². The molecule has 5 rings (SSSR count). The zero-order valence-corrected chi connectivity index (χ0v) is 21.0. The molecule has 0 spiro atoms. The van der Waals surface area contributed by atoms with Crippen molar-refractivity contribution >= 4 is 34.4 Å². The lowest BCUT2D eigenvalue weighted by atomic mass is 10.0. The highest BCUT2D eigenvalue weighted by Gasteiger charge is 2.31. The van der Waals surface area contributed by atoms with Gasteiger partial charge in [0.2, 0.25) is 5.91 Å². The molecule has 3 aromatic heterocycles. The second-order valence-electron chi connectivity index (χ2n) is 9.33. The molecule has 1 amide bonds. The molecule has 182 valence electrons. The molecule has 1 atom stereocenters. The van der Waals surface area contributed by atoms with Gasteiger partial charge in [0.05, 0.1) is 17.4 Å². The fourth-order valence-corrected chi connectivity index (χ4v) is 5.06. The Morgan fingerprint density at radius 2 is 2.06 bits per heavy atom. The number of hydrogen-bond acceptors (Lipinski definition) is 7. The highest BCUT2D eigenvalue weighted by Crippen LogP contribution is 2.32. The van der Waals surface area contributed by atoms with Crippen molar-refractivity contribution in [3.63, 3.8) is 0 Å². The largest absolute Gasteiger partial charge is 0.366 e. The Morgan fingerprint density at radius 3 is 2.74 bits per heavy atom. The van der Waals surface area contributed by atoms with Crippen LogP contribution in [0.4, 0.5) is 0 Å². The Labute approximate surface area is 208 Å². The third-order valence-corrected chi connectivity index (χ3v) is 7.13. The number of fused-ring (bicyclic) bond motifs is 1. The van der Waals surface area contributed by atoms with E-state index in [1.54, 1.807) is 23.7 Å². The first kappa shape index (κ1) is 23.3. The number of H-pyrrole nitrogens is 1. The van der Waals surface area contributed by atoms with Gasteiger partial charge in [0, 0.05) is 35.0 Å². The van der Waals surface area contributed by atoms with Gasteiger partial charge in [-0.25, -0.2) is 4.98 Å². The highest BCUT2D eigenvalue weighted by molar-refractivity contribution is 7.79. The predicted molar refractivity (Wildman–Crippen MR) is 138 cm³/mol. The van der Waals surface area contributed by atoms with Crippen LogP contribution in [0.2, 0.25) is 0 Å². The Bertz CT molecular complexity index is 1410. The number of amides is 1. The number of primary amides is 1. The normalized spacial score (nSPS) is 16.1. The number of nitrogens with two attached hydrogens (primary N) is 1. The third kappa shape index (κ3) is 4.14. The van der Waals surface area contributed by atoms with E-state index in [2.05, 4.69) is 27.1 Å². The molecule has 10 nitrogen and oxygen atoms in total. The third-order valence-electron chi connectivity index (χ3n) is 6.62. The molecule has 0 bridgehead atoms. The molecule has 1 fully saturated rings. The van der Waals surface area contributed by atoms with Crippen molar-refractivity contribution in [1.29, 1.82) is 0 Å². The average molecular weight is 492 g/mol. The minimum atomic E-state index is -0.537. The number of aryl methyl sites for hydroxylation is 2. The van der Waals surface area contributed by atoms with Crippen LogP contribution in [0, 0.1) is 6.92 Å². The van der Waals surface area contributed by atoms with Gasteiger partial charge in [0.1, 0.15) is 11.2 Å². The van der Waals surface area contributed by atoms with Gasteiger partial charge in [-0.2, -0.15) is 15.3 Å². The molecular formula is C24H29N9OS. The van der Waals surface area contributed by atoms with E-state index in [-0.39, 0.29) is 0 Å². The van der Waals surface area contributed by atoms with E-state index in [0.29, 0.717) is 29.3 Å². The van der Waals surface area contributed by atoms with Crippen LogP contribution >= 0.6 is 12.2 Å². The van der Waals surface area contributed by atoms with Gasteiger partial charge >= 0.3 is 0 Å². The molecule has 0 unspecified atom stereocenters. The zero-order valence-electron chi connectivity index (χ0n) is 20.2. The number of likely N-dealkylation sites (tertiary alicyclic amines) is 1. The van der Waals surface area contributed by atoms with Crippen molar-refractivity contribution in [2.24, 2.45) is 5.73 Å². The maximum atomic E-state index is 12.3. The monoisotopic (exact) mass is 491 g/mol. The number of nitrogens with zero attached hydrogens (tertiary/aromatic N) is 7. The lowest BCUT2D eigenvalue weighted by molar-refractivity contribution is 0.100. The van der Waals surface area contributed by atoms with Crippen LogP contribution in [0.3, 0.4) is 0 Å². The first-order chi connectivity index (χ1) is 16.8. The molecule has 1 saturated heterocycles. The number of thiocarbonyl (C=S) groups is 1. The maximum Gasteiger partial charge on any atom is 0.248 e. The van der Waals surface area contributed by atoms with E-state index in [0.717, 1.165) is 41.9 Å². The Hall–Kier alpha value is -3.44. The minimum absolute atomic E-state index is 0.364. The quantitative estimate of drug-likeness (QED) is 0.363. The van der Waals surface area contributed by atoms with E-state index in [1.165, 1.54) is 12.8 Å². The van der Waals surface area contributed by atoms with Crippen LogP contribution in [-0.2, 0) is 12.1 Å². The van der Waals surface area contributed by atoms with Crippen molar-refractivity contribution in [2.75, 3.05) is 19.6 Å². The fourth-order valence-electron chi connectivity index (χ4n) is 4.88. The van der Waals surface area contributed by atoms with Crippen molar-refractivity contribution in [3.05, 3.63) is 35.7 Å². The molecule has 4 aromatic rings. The molecule has 35 heavy (non-hydrogen) atoms. The van der Waals surface area contributed by atoms with Gasteiger partial charge in [0.15, 0.2) is 11.6 Å². The maximum absolute atomic E-state index is 12.3. The van der Waals surface area contributed by atoms with E-state index < -0.39 is 11.4 Å². The number of rotatable bonds is 8. The molecule has 0 aliphatic carbocycles. The van der Waals surface area contributed by atoms with E-state index in [1.807, 2.05) is 29.3 Å². The summed E-state index contributed by atoms with van der Waals surface area (Å²) in [4.78, 5) is 19.4. The number of benzene rings is 1. The number of hydrogen-bond donors (Lipinski definition) is 2. The molecule has 0 radical (unpaired) electrons. The smallest absolute Gasteiger partial charge is 0.248 e. The summed E-state index contributed by atoms with van der Waals surface area (Å²) in [5, 5.41) is 19.3. The summed E-state index contributed by atoms with van der Waals surface area (Å²) in [5.41, 5.74) is 8.73. The van der Waals surface area contributed by atoms with Crippen LogP contribution in [0.5, 0.6) is 0 Å². The SMILES string of the molecule is CCn1nc(C)cc1-c1nc(-c2cc(C(N)=O)cc3c2cnn3[C@@](C)(C=S)CN2CCCC2)n[nH]1. The Balaban J connectivity index is 1.63. The molecule has 4 heterocycles. The summed E-state index contributed by atoms with van der Waals surface area (Å²) in [5.74, 6) is 0.530. The van der Waals surface area contributed by atoms with E-state index >= 15 is 0 Å². The summed E-state index contributed by atoms with van der Waals surface area (Å²) in [6, 6.07) is 5.46. The van der Waals surface area contributed by atoms with Crippen LogP contribution in [0.25, 0.3) is 33.8 Å². The molecule has 1 aliphatic heterocycles. The predicted octanol–water partition coefficient (Wildman–Crippen LogP) is 2.92. The highest BCUT2D eigenvalue weighted by atomic mass is 32.1.